The summed E-state index contributed by atoms with van der Waals surface area (Å²) in [7, 11) is 0. The van der Waals surface area contributed by atoms with E-state index >= 15 is 0 Å². The summed E-state index contributed by atoms with van der Waals surface area (Å²) in [5, 5.41) is 10.4. The van der Waals surface area contributed by atoms with Gasteiger partial charge in [-0.3, -0.25) is 9.80 Å². The molecule has 1 N–H and O–H groups in total. The van der Waals surface area contributed by atoms with Gasteiger partial charge in [-0.15, -0.1) is 0 Å². The van der Waals surface area contributed by atoms with E-state index in [-0.39, 0.29) is 24.8 Å². The second kappa shape index (κ2) is 12.4. The van der Waals surface area contributed by atoms with Crippen molar-refractivity contribution in [3.8, 4) is 5.75 Å². The molecule has 1 heterocycles. The van der Waals surface area contributed by atoms with Crippen molar-refractivity contribution in [3.63, 3.8) is 0 Å². The van der Waals surface area contributed by atoms with Crippen LogP contribution in [-0.4, -0.2) is 60.3 Å². The fraction of sp³-hybridized carbons (Fsp3) is 0.478. The molecule has 0 amide bonds. The molecule has 0 radical (unpaired) electrons. The SMILES string of the molecule is Cc1cc(C)c(OCC(O)CN2CCN(Cc3ccccc3)CC2)c(C)c1.[Cl-].[Cl-]. The maximum atomic E-state index is 10.4. The Morgan fingerprint density at radius 1 is 0.897 bits per heavy atom. The van der Waals surface area contributed by atoms with Crippen molar-refractivity contribution in [2.45, 2.75) is 33.4 Å². The number of aliphatic hydroxyl groups is 1. The van der Waals surface area contributed by atoms with E-state index in [1.165, 1.54) is 11.1 Å². The first kappa shape index (κ1) is 25.7. The molecule has 162 valence electrons. The van der Waals surface area contributed by atoms with E-state index in [0.717, 1.165) is 49.6 Å². The number of aliphatic hydroxyl groups excluding tert-OH is 1. The number of β-amino-alcohol motifs (C(OH)–C–C–N with tert-alkyl or cyclic N) is 1. The van der Waals surface area contributed by atoms with Crippen LogP contribution in [0, 0.1) is 20.8 Å². The van der Waals surface area contributed by atoms with Gasteiger partial charge in [-0.2, -0.15) is 0 Å². The van der Waals surface area contributed by atoms with E-state index in [1.54, 1.807) is 0 Å². The van der Waals surface area contributed by atoms with E-state index in [0.29, 0.717) is 13.2 Å². The molecular weight excluding hydrogens is 407 g/mol. The predicted octanol–water partition coefficient (Wildman–Crippen LogP) is -2.82. The molecule has 2 aromatic carbocycles. The normalized spacial score (nSPS) is 15.9. The molecule has 1 saturated heterocycles. The van der Waals surface area contributed by atoms with Crippen molar-refractivity contribution in [3.05, 3.63) is 64.7 Å². The van der Waals surface area contributed by atoms with Crippen LogP contribution in [-0.2, 0) is 6.54 Å². The van der Waals surface area contributed by atoms with Crippen LogP contribution in [0.5, 0.6) is 5.75 Å². The molecule has 0 aromatic heterocycles. The number of hydrogen-bond acceptors (Lipinski definition) is 4. The highest BCUT2D eigenvalue weighted by Gasteiger charge is 2.20. The molecule has 1 fully saturated rings. The minimum atomic E-state index is -0.467. The van der Waals surface area contributed by atoms with Gasteiger partial charge in [0, 0.05) is 39.3 Å². The summed E-state index contributed by atoms with van der Waals surface area (Å²) < 4.78 is 5.94. The third-order valence-corrected chi connectivity index (χ3v) is 5.21. The van der Waals surface area contributed by atoms with Gasteiger partial charge in [0.05, 0.1) is 0 Å². The Hall–Kier alpha value is -1.30. The molecule has 0 saturated carbocycles. The first-order chi connectivity index (χ1) is 13.0. The van der Waals surface area contributed by atoms with Crippen LogP contribution in [0.1, 0.15) is 22.3 Å². The van der Waals surface area contributed by atoms with Crippen molar-refractivity contribution >= 4 is 0 Å². The molecule has 6 heteroatoms. The van der Waals surface area contributed by atoms with Crippen LogP contribution in [0.2, 0.25) is 0 Å². The van der Waals surface area contributed by atoms with Crippen molar-refractivity contribution in [2.24, 2.45) is 0 Å². The molecule has 3 rings (SSSR count). The molecule has 29 heavy (non-hydrogen) atoms. The van der Waals surface area contributed by atoms with Crippen LogP contribution in [0.3, 0.4) is 0 Å². The number of ether oxygens (including phenoxy) is 1. The number of nitrogens with zero attached hydrogens (tertiary/aromatic N) is 2. The van der Waals surface area contributed by atoms with Crippen LogP contribution in [0.15, 0.2) is 42.5 Å². The molecule has 1 aliphatic heterocycles. The van der Waals surface area contributed by atoms with Crippen molar-refractivity contribution in [1.29, 1.82) is 0 Å². The Morgan fingerprint density at radius 2 is 1.45 bits per heavy atom. The minimum Gasteiger partial charge on any atom is -1.00 e. The summed E-state index contributed by atoms with van der Waals surface area (Å²) in [6, 6.07) is 14.9. The fourth-order valence-corrected chi connectivity index (χ4v) is 3.90. The maximum Gasteiger partial charge on any atom is 0.125 e. The summed E-state index contributed by atoms with van der Waals surface area (Å²) in [6.07, 6.45) is -0.467. The maximum absolute atomic E-state index is 10.4. The number of benzene rings is 2. The van der Waals surface area contributed by atoms with Gasteiger partial charge in [0.1, 0.15) is 18.5 Å². The monoisotopic (exact) mass is 438 g/mol. The second-order valence-corrected chi connectivity index (χ2v) is 7.76. The summed E-state index contributed by atoms with van der Waals surface area (Å²) in [5.41, 5.74) is 4.87. The van der Waals surface area contributed by atoms with E-state index in [2.05, 4.69) is 73.0 Å². The zero-order valence-electron chi connectivity index (χ0n) is 17.6. The number of aryl methyl sites for hydroxylation is 3. The van der Waals surface area contributed by atoms with E-state index < -0.39 is 6.10 Å². The third kappa shape index (κ3) is 7.80. The standard InChI is InChI=1S/C23H32N2O2.2ClH/c1-18-13-19(2)23(20(3)14-18)27-17-22(26)16-25-11-9-24(10-12-25)15-21-7-5-4-6-8-21;;/h4-8,13-14,22,26H,9-12,15-17H2,1-3H3;2*1H/p-2. The molecule has 0 spiro atoms. The zero-order chi connectivity index (χ0) is 19.2. The summed E-state index contributed by atoms with van der Waals surface area (Å²) in [5.74, 6) is 0.910. The molecular formula is C23H32Cl2N2O2-2. The Balaban J connectivity index is 0.00000210. The summed E-state index contributed by atoms with van der Waals surface area (Å²) >= 11 is 0. The smallest absolute Gasteiger partial charge is 0.125 e. The molecule has 1 aliphatic rings. The highest BCUT2D eigenvalue weighted by atomic mass is 35.5. The van der Waals surface area contributed by atoms with E-state index in [9.17, 15) is 5.11 Å². The van der Waals surface area contributed by atoms with Gasteiger partial charge in [0.25, 0.3) is 0 Å². The number of piperazine rings is 1. The first-order valence-electron chi connectivity index (χ1n) is 9.88. The van der Waals surface area contributed by atoms with Crippen LogP contribution < -0.4 is 29.6 Å². The molecule has 1 atom stereocenters. The Labute approximate surface area is 187 Å². The fourth-order valence-electron chi connectivity index (χ4n) is 3.90. The molecule has 0 bridgehead atoms. The van der Waals surface area contributed by atoms with Gasteiger partial charge in [-0.05, 0) is 37.5 Å². The minimum absolute atomic E-state index is 0. The van der Waals surface area contributed by atoms with Crippen LogP contribution in [0.4, 0.5) is 0 Å². The Bertz CT molecular complexity index is 712. The molecule has 1 unspecified atom stereocenters. The Kier molecular flexibility index (Phi) is 11.0. The Morgan fingerprint density at radius 3 is 2.03 bits per heavy atom. The average molecular weight is 439 g/mol. The average Bonchev–Trinajstić information content (AvgIpc) is 2.63. The zero-order valence-corrected chi connectivity index (χ0v) is 19.1. The summed E-state index contributed by atoms with van der Waals surface area (Å²) in [6.45, 7) is 12.3. The van der Waals surface area contributed by atoms with Crippen LogP contribution in [0.25, 0.3) is 0 Å². The lowest BCUT2D eigenvalue weighted by Gasteiger charge is -2.35. The van der Waals surface area contributed by atoms with Crippen molar-refractivity contribution in [2.75, 3.05) is 39.3 Å². The van der Waals surface area contributed by atoms with Gasteiger partial charge >= 0.3 is 0 Å². The lowest BCUT2D eigenvalue weighted by molar-refractivity contribution is -0.001000. The van der Waals surface area contributed by atoms with Gasteiger partial charge in [0.15, 0.2) is 0 Å². The number of halogens is 2. The molecule has 0 aliphatic carbocycles. The third-order valence-electron chi connectivity index (χ3n) is 5.21. The number of hydrogen-bond donors (Lipinski definition) is 1. The predicted molar refractivity (Wildman–Crippen MR) is 110 cm³/mol. The topological polar surface area (TPSA) is 35.9 Å². The van der Waals surface area contributed by atoms with Gasteiger partial charge < -0.3 is 34.7 Å². The van der Waals surface area contributed by atoms with Crippen LogP contribution >= 0.6 is 0 Å². The van der Waals surface area contributed by atoms with Gasteiger partial charge in [0.2, 0.25) is 0 Å². The van der Waals surface area contributed by atoms with E-state index in [1.807, 2.05) is 0 Å². The summed E-state index contributed by atoms with van der Waals surface area (Å²) in [4.78, 5) is 4.82. The second-order valence-electron chi connectivity index (χ2n) is 7.76. The molecule has 4 nitrogen and oxygen atoms in total. The first-order valence-corrected chi connectivity index (χ1v) is 9.88. The highest BCUT2D eigenvalue weighted by Crippen LogP contribution is 2.24. The van der Waals surface area contributed by atoms with Gasteiger partial charge in [-0.1, -0.05) is 48.0 Å². The quantitative estimate of drug-likeness (QED) is 0.505. The molecule has 2 aromatic rings. The lowest BCUT2D eigenvalue weighted by atomic mass is 10.1. The number of rotatable bonds is 7. The van der Waals surface area contributed by atoms with E-state index in [4.69, 9.17) is 4.74 Å². The van der Waals surface area contributed by atoms with Crippen molar-refractivity contribution < 1.29 is 34.7 Å². The highest BCUT2D eigenvalue weighted by molar-refractivity contribution is 5.42. The van der Waals surface area contributed by atoms with Crippen molar-refractivity contribution in [1.82, 2.24) is 9.80 Å². The lowest BCUT2D eigenvalue weighted by Crippen LogP contribution is -3.00. The largest absolute Gasteiger partial charge is 1.00 e. The van der Waals surface area contributed by atoms with Gasteiger partial charge in [-0.25, -0.2) is 0 Å².